The van der Waals surface area contributed by atoms with Crippen LogP contribution in [0.2, 0.25) is 0 Å². The second-order valence-electron chi connectivity index (χ2n) is 4.37. The van der Waals surface area contributed by atoms with E-state index in [2.05, 4.69) is 25.8 Å². The van der Waals surface area contributed by atoms with Crippen LogP contribution >= 0.6 is 15.9 Å². The van der Waals surface area contributed by atoms with Gasteiger partial charge >= 0.3 is 5.97 Å². The van der Waals surface area contributed by atoms with Crippen molar-refractivity contribution in [2.24, 2.45) is 5.73 Å². The highest BCUT2D eigenvalue weighted by molar-refractivity contribution is 9.10. The summed E-state index contributed by atoms with van der Waals surface area (Å²) in [7, 11) is 1.34. The predicted molar refractivity (Wildman–Crippen MR) is 68.6 cm³/mol. The van der Waals surface area contributed by atoms with Crippen molar-refractivity contribution >= 4 is 21.9 Å². The molecule has 1 aromatic rings. The Labute approximate surface area is 109 Å². The lowest BCUT2D eigenvalue weighted by molar-refractivity contribution is -0.146. The number of aryl methyl sites for hydroxylation is 2. The van der Waals surface area contributed by atoms with E-state index in [9.17, 15) is 4.79 Å². The molecule has 5 nitrogen and oxygen atoms in total. The summed E-state index contributed by atoms with van der Waals surface area (Å²) < 4.78 is 7.50. The SMILES string of the molecule is COC(=O)C(C)(N)CCn1nc(C)c(Br)c1C. The largest absolute Gasteiger partial charge is 0.468 e. The van der Waals surface area contributed by atoms with Crippen molar-refractivity contribution in [1.82, 2.24) is 9.78 Å². The monoisotopic (exact) mass is 303 g/mol. The third-order valence-corrected chi connectivity index (χ3v) is 3.94. The van der Waals surface area contributed by atoms with Crippen LogP contribution in [0, 0.1) is 13.8 Å². The van der Waals surface area contributed by atoms with Crippen LogP contribution in [0.15, 0.2) is 4.47 Å². The average Bonchev–Trinajstić information content (AvgIpc) is 2.53. The highest BCUT2D eigenvalue weighted by Gasteiger charge is 2.29. The molecular formula is C11H18BrN3O2. The molecule has 1 unspecified atom stereocenters. The molecule has 0 aliphatic rings. The van der Waals surface area contributed by atoms with E-state index in [4.69, 9.17) is 5.73 Å². The van der Waals surface area contributed by atoms with Gasteiger partial charge in [0.05, 0.1) is 17.3 Å². The number of aromatic nitrogens is 2. The highest BCUT2D eigenvalue weighted by atomic mass is 79.9. The minimum atomic E-state index is -0.979. The lowest BCUT2D eigenvalue weighted by Gasteiger charge is -2.21. The first kappa shape index (κ1) is 14.2. The van der Waals surface area contributed by atoms with Crippen molar-refractivity contribution in [3.05, 3.63) is 15.9 Å². The molecule has 96 valence electrons. The molecule has 0 aliphatic heterocycles. The average molecular weight is 304 g/mol. The molecule has 0 saturated heterocycles. The maximum atomic E-state index is 11.4. The lowest BCUT2D eigenvalue weighted by Crippen LogP contribution is -2.46. The number of carbonyl (C=O) groups excluding carboxylic acids is 1. The third kappa shape index (κ3) is 3.07. The number of rotatable bonds is 4. The molecule has 0 aromatic carbocycles. The number of ether oxygens (including phenoxy) is 1. The number of halogens is 1. The Balaban J connectivity index is 2.74. The predicted octanol–water partition coefficient (Wildman–Crippen LogP) is 1.54. The number of nitrogens with zero attached hydrogens (tertiary/aromatic N) is 2. The minimum Gasteiger partial charge on any atom is -0.468 e. The Morgan fingerprint density at radius 1 is 1.59 bits per heavy atom. The first-order valence-electron chi connectivity index (χ1n) is 5.36. The van der Waals surface area contributed by atoms with Crippen LogP contribution < -0.4 is 5.73 Å². The number of hydrogen-bond acceptors (Lipinski definition) is 4. The molecule has 0 spiro atoms. The standard InChI is InChI=1S/C11H18BrN3O2/c1-7-9(12)8(2)15(14-7)6-5-11(3,13)10(16)17-4/h5-6,13H2,1-4H3. The fraction of sp³-hybridized carbons (Fsp3) is 0.636. The molecule has 0 aliphatic carbocycles. The van der Waals surface area contributed by atoms with Crippen LogP contribution in [0.25, 0.3) is 0 Å². The molecule has 0 bridgehead atoms. The zero-order valence-electron chi connectivity index (χ0n) is 10.6. The van der Waals surface area contributed by atoms with Crippen molar-refractivity contribution in [2.75, 3.05) is 7.11 Å². The van der Waals surface area contributed by atoms with Crippen LogP contribution in [-0.2, 0) is 16.1 Å². The molecule has 0 saturated carbocycles. The summed E-state index contributed by atoms with van der Waals surface area (Å²) in [5.74, 6) is -0.405. The molecule has 1 aromatic heterocycles. The van der Waals surface area contributed by atoms with E-state index in [1.54, 1.807) is 6.92 Å². The summed E-state index contributed by atoms with van der Waals surface area (Å²) in [5, 5.41) is 4.36. The second kappa shape index (κ2) is 5.18. The maximum Gasteiger partial charge on any atom is 0.325 e. The quantitative estimate of drug-likeness (QED) is 0.857. The van der Waals surface area contributed by atoms with Gasteiger partial charge < -0.3 is 10.5 Å². The van der Waals surface area contributed by atoms with Gasteiger partial charge in [-0.15, -0.1) is 0 Å². The Kier molecular flexibility index (Phi) is 4.32. The van der Waals surface area contributed by atoms with Gasteiger partial charge in [0.15, 0.2) is 0 Å². The van der Waals surface area contributed by atoms with Crippen LogP contribution in [0.3, 0.4) is 0 Å². The molecule has 6 heteroatoms. The first-order chi connectivity index (χ1) is 7.79. The summed E-state index contributed by atoms with van der Waals surface area (Å²) in [6.45, 7) is 6.14. The molecule has 17 heavy (non-hydrogen) atoms. The van der Waals surface area contributed by atoms with Crippen molar-refractivity contribution in [1.29, 1.82) is 0 Å². The zero-order valence-corrected chi connectivity index (χ0v) is 12.2. The van der Waals surface area contributed by atoms with Crippen LogP contribution in [0.4, 0.5) is 0 Å². The minimum absolute atomic E-state index is 0.405. The van der Waals surface area contributed by atoms with Crippen LogP contribution in [-0.4, -0.2) is 28.4 Å². The van der Waals surface area contributed by atoms with E-state index in [-0.39, 0.29) is 0 Å². The summed E-state index contributed by atoms with van der Waals surface area (Å²) in [6, 6.07) is 0. The van der Waals surface area contributed by atoms with Gasteiger partial charge in [0.25, 0.3) is 0 Å². The summed E-state index contributed by atoms with van der Waals surface area (Å²) >= 11 is 3.46. The van der Waals surface area contributed by atoms with Gasteiger partial charge in [0.2, 0.25) is 0 Å². The molecule has 2 N–H and O–H groups in total. The fourth-order valence-electron chi connectivity index (χ4n) is 1.57. The molecular weight excluding hydrogens is 286 g/mol. The van der Waals surface area contributed by atoms with Crippen molar-refractivity contribution in [3.8, 4) is 0 Å². The second-order valence-corrected chi connectivity index (χ2v) is 5.16. The number of hydrogen-bond donors (Lipinski definition) is 1. The molecule has 0 radical (unpaired) electrons. The van der Waals surface area contributed by atoms with E-state index in [1.807, 2.05) is 18.5 Å². The van der Waals surface area contributed by atoms with E-state index in [1.165, 1.54) is 7.11 Å². The smallest absolute Gasteiger partial charge is 0.325 e. The van der Waals surface area contributed by atoms with Gasteiger partial charge in [-0.2, -0.15) is 5.10 Å². The maximum absolute atomic E-state index is 11.4. The Hall–Kier alpha value is -0.880. The highest BCUT2D eigenvalue weighted by Crippen LogP contribution is 2.20. The zero-order chi connectivity index (χ0) is 13.2. The third-order valence-electron chi connectivity index (χ3n) is 2.79. The van der Waals surface area contributed by atoms with Gasteiger partial charge in [-0.3, -0.25) is 9.48 Å². The van der Waals surface area contributed by atoms with E-state index in [0.717, 1.165) is 15.9 Å². The lowest BCUT2D eigenvalue weighted by atomic mass is 10.00. The van der Waals surface area contributed by atoms with Crippen molar-refractivity contribution < 1.29 is 9.53 Å². The normalized spacial score (nSPS) is 14.5. The Morgan fingerprint density at radius 3 is 2.59 bits per heavy atom. The summed E-state index contributed by atoms with van der Waals surface area (Å²) in [4.78, 5) is 11.4. The topological polar surface area (TPSA) is 70.1 Å². The molecule has 0 amide bonds. The molecule has 1 heterocycles. The van der Waals surface area contributed by atoms with Crippen LogP contribution in [0.1, 0.15) is 24.7 Å². The Morgan fingerprint density at radius 2 is 2.18 bits per heavy atom. The first-order valence-corrected chi connectivity index (χ1v) is 6.15. The molecule has 1 atom stereocenters. The van der Waals surface area contributed by atoms with E-state index < -0.39 is 11.5 Å². The molecule has 0 fully saturated rings. The number of esters is 1. The number of carbonyl (C=O) groups is 1. The number of methoxy groups -OCH3 is 1. The van der Waals surface area contributed by atoms with Crippen LogP contribution in [0.5, 0.6) is 0 Å². The van der Waals surface area contributed by atoms with Gasteiger partial charge in [-0.1, -0.05) is 0 Å². The van der Waals surface area contributed by atoms with Crippen molar-refractivity contribution in [3.63, 3.8) is 0 Å². The van der Waals surface area contributed by atoms with Gasteiger partial charge in [-0.25, -0.2) is 0 Å². The van der Waals surface area contributed by atoms with Gasteiger partial charge in [-0.05, 0) is 43.1 Å². The Bertz CT molecular complexity index is 427. The van der Waals surface area contributed by atoms with Crippen molar-refractivity contribution in [2.45, 2.75) is 39.3 Å². The number of nitrogens with two attached hydrogens (primary N) is 1. The van der Waals surface area contributed by atoms with Gasteiger partial charge in [0, 0.05) is 12.2 Å². The summed E-state index contributed by atoms with van der Waals surface area (Å²) in [6.07, 6.45) is 0.480. The van der Waals surface area contributed by atoms with E-state index >= 15 is 0 Å². The summed E-state index contributed by atoms with van der Waals surface area (Å²) in [5.41, 5.74) is 6.87. The van der Waals surface area contributed by atoms with Gasteiger partial charge in [0.1, 0.15) is 5.54 Å². The fourth-order valence-corrected chi connectivity index (χ4v) is 1.85. The van der Waals surface area contributed by atoms with E-state index in [0.29, 0.717) is 13.0 Å². The molecule has 1 rings (SSSR count).